The fourth-order valence-corrected chi connectivity index (χ4v) is 2.85. The van der Waals surface area contributed by atoms with Crippen molar-refractivity contribution in [1.82, 2.24) is 19.9 Å². The van der Waals surface area contributed by atoms with Crippen molar-refractivity contribution in [3.63, 3.8) is 0 Å². The summed E-state index contributed by atoms with van der Waals surface area (Å²) in [4.78, 5) is 28.1. The van der Waals surface area contributed by atoms with Gasteiger partial charge in [0.15, 0.2) is 5.78 Å². The van der Waals surface area contributed by atoms with E-state index in [1.165, 1.54) is 5.56 Å². The van der Waals surface area contributed by atoms with Crippen molar-refractivity contribution in [3.05, 3.63) is 89.8 Å². The molecule has 0 bridgehead atoms. The van der Waals surface area contributed by atoms with Gasteiger partial charge in [-0.3, -0.25) is 14.8 Å². The van der Waals surface area contributed by atoms with Crippen molar-refractivity contribution in [2.75, 3.05) is 0 Å². The molecule has 0 aliphatic carbocycles. The molecule has 122 valence electrons. The van der Waals surface area contributed by atoms with E-state index in [1.54, 1.807) is 30.7 Å². The molecule has 0 fully saturated rings. The predicted octanol–water partition coefficient (Wildman–Crippen LogP) is 3.37. The highest BCUT2D eigenvalue weighted by Gasteiger charge is 2.09. The quantitative estimate of drug-likeness (QED) is 0.570. The van der Waals surface area contributed by atoms with Crippen molar-refractivity contribution in [3.8, 4) is 0 Å². The summed E-state index contributed by atoms with van der Waals surface area (Å²) in [5, 5.41) is 1.12. The molecule has 5 nitrogen and oxygen atoms in total. The molecule has 4 heterocycles. The molecule has 5 heteroatoms. The fourth-order valence-electron chi connectivity index (χ4n) is 2.85. The maximum absolute atomic E-state index is 12.2. The molecule has 4 aromatic heterocycles. The summed E-state index contributed by atoms with van der Waals surface area (Å²) < 4.78 is 0. The van der Waals surface area contributed by atoms with Gasteiger partial charge in [-0.2, -0.15) is 0 Å². The molecule has 0 saturated carbocycles. The monoisotopic (exact) mass is 328 g/mol. The first-order valence-electron chi connectivity index (χ1n) is 8.07. The zero-order valence-corrected chi connectivity index (χ0v) is 13.5. The summed E-state index contributed by atoms with van der Waals surface area (Å²) in [5.74, 6) is 0.0466. The van der Waals surface area contributed by atoms with Crippen LogP contribution in [0.3, 0.4) is 0 Å². The maximum atomic E-state index is 12.2. The van der Waals surface area contributed by atoms with Gasteiger partial charge in [-0.1, -0.05) is 6.07 Å². The first-order chi connectivity index (χ1) is 12.3. The molecule has 0 radical (unpaired) electrons. The number of fused-ring (bicyclic) bond motifs is 1. The van der Waals surface area contributed by atoms with Gasteiger partial charge >= 0.3 is 0 Å². The molecule has 1 N–H and O–H groups in total. The Morgan fingerprint density at radius 2 is 1.88 bits per heavy atom. The Balaban J connectivity index is 1.48. The van der Waals surface area contributed by atoms with Crippen LogP contribution in [0.2, 0.25) is 0 Å². The average molecular weight is 328 g/mol. The Kier molecular flexibility index (Phi) is 4.04. The highest BCUT2D eigenvalue weighted by atomic mass is 16.1. The van der Waals surface area contributed by atoms with Gasteiger partial charge in [0.2, 0.25) is 0 Å². The standard InChI is InChI=1S/C20H16N4O/c25-19(15-5-8-21-9-6-15)11-17-4-3-14(12-23-17)10-16-13-24-20-18(16)2-1-7-22-20/h1-9,12-13H,10-11H2,(H,22,24). The predicted molar refractivity (Wildman–Crippen MR) is 95.4 cm³/mol. The van der Waals surface area contributed by atoms with Crippen LogP contribution in [-0.2, 0) is 12.8 Å². The minimum atomic E-state index is 0.0466. The van der Waals surface area contributed by atoms with E-state index in [-0.39, 0.29) is 5.78 Å². The smallest absolute Gasteiger partial charge is 0.168 e. The number of hydrogen-bond acceptors (Lipinski definition) is 4. The van der Waals surface area contributed by atoms with Crippen LogP contribution in [-0.4, -0.2) is 25.7 Å². The fraction of sp³-hybridized carbons (Fsp3) is 0.100. The van der Waals surface area contributed by atoms with Crippen molar-refractivity contribution < 1.29 is 4.79 Å². The number of nitrogens with one attached hydrogen (secondary N) is 1. The number of carbonyl (C=O) groups is 1. The number of H-pyrrole nitrogens is 1. The van der Waals surface area contributed by atoms with E-state index in [4.69, 9.17) is 0 Å². The highest BCUT2D eigenvalue weighted by Crippen LogP contribution is 2.19. The molecule has 25 heavy (non-hydrogen) atoms. The van der Waals surface area contributed by atoms with Gasteiger partial charge in [-0.05, 0) is 41.5 Å². The zero-order chi connectivity index (χ0) is 17.1. The third kappa shape index (κ3) is 3.30. The molecule has 0 amide bonds. The number of Topliss-reactive ketones (excluding diaryl/α,β-unsaturated/α-hetero) is 1. The number of carbonyl (C=O) groups excluding carboxylic acids is 1. The molecule has 4 rings (SSSR count). The number of aromatic amines is 1. The van der Waals surface area contributed by atoms with Gasteiger partial charge in [-0.15, -0.1) is 0 Å². The van der Waals surface area contributed by atoms with Crippen LogP contribution in [0, 0.1) is 0 Å². The normalized spacial score (nSPS) is 10.9. The van der Waals surface area contributed by atoms with E-state index < -0.39 is 0 Å². The number of hydrogen-bond donors (Lipinski definition) is 1. The van der Waals surface area contributed by atoms with Crippen molar-refractivity contribution >= 4 is 16.8 Å². The summed E-state index contributed by atoms with van der Waals surface area (Å²) in [6.45, 7) is 0. The van der Waals surface area contributed by atoms with Gasteiger partial charge < -0.3 is 4.98 Å². The lowest BCUT2D eigenvalue weighted by atomic mass is 10.0. The summed E-state index contributed by atoms with van der Waals surface area (Å²) in [7, 11) is 0. The topological polar surface area (TPSA) is 71.5 Å². The molecule has 0 saturated heterocycles. The minimum Gasteiger partial charge on any atom is -0.346 e. The van der Waals surface area contributed by atoms with Gasteiger partial charge in [0.1, 0.15) is 5.65 Å². The molecule has 0 aliphatic heterocycles. The van der Waals surface area contributed by atoms with E-state index >= 15 is 0 Å². The molecular weight excluding hydrogens is 312 g/mol. The van der Waals surface area contributed by atoms with E-state index in [1.807, 2.05) is 30.6 Å². The molecule has 0 unspecified atom stereocenters. The summed E-state index contributed by atoms with van der Waals surface area (Å²) >= 11 is 0. The largest absolute Gasteiger partial charge is 0.346 e. The van der Waals surface area contributed by atoms with Gasteiger partial charge in [0.25, 0.3) is 0 Å². The van der Waals surface area contributed by atoms with Crippen molar-refractivity contribution in [2.45, 2.75) is 12.8 Å². The van der Waals surface area contributed by atoms with E-state index in [0.717, 1.165) is 28.7 Å². The van der Waals surface area contributed by atoms with Crippen molar-refractivity contribution in [1.29, 1.82) is 0 Å². The summed E-state index contributed by atoms with van der Waals surface area (Å²) in [6, 6.07) is 11.4. The van der Waals surface area contributed by atoms with Gasteiger partial charge in [0, 0.05) is 54.0 Å². The van der Waals surface area contributed by atoms with E-state index in [9.17, 15) is 4.79 Å². The Bertz CT molecular complexity index is 1010. The number of ketones is 1. The van der Waals surface area contributed by atoms with Gasteiger partial charge in [-0.25, -0.2) is 4.98 Å². The second kappa shape index (κ2) is 6.65. The molecule has 0 spiro atoms. The number of aromatic nitrogens is 4. The van der Waals surface area contributed by atoms with Crippen LogP contribution in [0.1, 0.15) is 27.2 Å². The van der Waals surface area contributed by atoms with Crippen molar-refractivity contribution in [2.24, 2.45) is 0 Å². The van der Waals surface area contributed by atoms with E-state index in [2.05, 4.69) is 26.0 Å². The van der Waals surface area contributed by atoms with Crippen LogP contribution in [0.15, 0.2) is 67.4 Å². The second-order valence-corrected chi connectivity index (χ2v) is 5.88. The lowest BCUT2D eigenvalue weighted by Crippen LogP contribution is -2.05. The molecule has 0 aromatic carbocycles. The highest BCUT2D eigenvalue weighted by molar-refractivity contribution is 5.97. The third-order valence-corrected chi connectivity index (χ3v) is 4.16. The maximum Gasteiger partial charge on any atom is 0.168 e. The Morgan fingerprint density at radius 1 is 1.00 bits per heavy atom. The van der Waals surface area contributed by atoms with E-state index in [0.29, 0.717) is 12.0 Å². The Labute approximate surface area is 144 Å². The molecule has 4 aromatic rings. The van der Waals surface area contributed by atoms with Crippen LogP contribution in [0.4, 0.5) is 0 Å². The van der Waals surface area contributed by atoms with Gasteiger partial charge in [0.05, 0.1) is 6.42 Å². The summed E-state index contributed by atoms with van der Waals surface area (Å²) in [6.07, 6.45) is 9.92. The average Bonchev–Trinajstić information content (AvgIpc) is 3.07. The molecule has 0 aliphatic rings. The second-order valence-electron chi connectivity index (χ2n) is 5.88. The van der Waals surface area contributed by atoms with Crippen LogP contribution in [0.25, 0.3) is 11.0 Å². The first kappa shape index (κ1) is 15.2. The Hall–Kier alpha value is -3.34. The number of rotatable bonds is 5. The Morgan fingerprint density at radius 3 is 2.68 bits per heavy atom. The lowest BCUT2D eigenvalue weighted by molar-refractivity contribution is 0.0992. The number of pyridine rings is 3. The SMILES string of the molecule is O=C(Cc1ccc(Cc2c[nH]c3ncccc23)cn1)c1ccncc1. The molecule has 0 atom stereocenters. The zero-order valence-electron chi connectivity index (χ0n) is 13.5. The lowest BCUT2D eigenvalue weighted by Gasteiger charge is -2.03. The van der Waals surface area contributed by atoms with Crippen LogP contribution in [0.5, 0.6) is 0 Å². The minimum absolute atomic E-state index is 0.0466. The number of nitrogens with zero attached hydrogens (tertiary/aromatic N) is 3. The summed E-state index contributed by atoms with van der Waals surface area (Å²) in [5.41, 5.74) is 4.61. The molecular formula is C20H16N4O. The van der Waals surface area contributed by atoms with Crippen LogP contribution >= 0.6 is 0 Å². The van der Waals surface area contributed by atoms with Crippen LogP contribution < -0.4 is 0 Å². The first-order valence-corrected chi connectivity index (χ1v) is 8.07. The third-order valence-electron chi connectivity index (χ3n) is 4.16.